The fourth-order valence-electron chi connectivity index (χ4n) is 5.90. The number of ether oxygens (including phenoxy) is 1. The zero-order chi connectivity index (χ0) is 37.2. The summed E-state index contributed by atoms with van der Waals surface area (Å²) in [5.41, 5.74) is 4.72. The van der Waals surface area contributed by atoms with Crippen molar-refractivity contribution >= 4 is 78.8 Å². The summed E-state index contributed by atoms with van der Waals surface area (Å²) in [4.78, 5) is 40.1. The van der Waals surface area contributed by atoms with Gasteiger partial charge in [-0.2, -0.15) is 20.7 Å². The van der Waals surface area contributed by atoms with Gasteiger partial charge in [0.15, 0.2) is 22.8 Å². The third kappa shape index (κ3) is 8.28. The smallest absolute Gasteiger partial charge is 0.870 e. The number of aromatic nitrogens is 8. The van der Waals surface area contributed by atoms with Gasteiger partial charge in [-0.15, -0.1) is 0 Å². The first-order valence-corrected chi connectivity index (χ1v) is 16.3. The minimum Gasteiger partial charge on any atom is -0.870 e. The number of nitrogens with zero attached hydrogens (tertiary/aromatic N) is 10. The van der Waals surface area contributed by atoms with Crippen molar-refractivity contribution in [1.29, 1.82) is 10.5 Å². The van der Waals surface area contributed by atoms with E-state index in [1.165, 1.54) is 19.5 Å². The Morgan fingerprint density at radius 1 is 0.732 bits per heavy atom. The molecule has 8 rings (SSSR count). The Hall–Kier alpha value is -6.44. The second kappa shape index (κ2) is 17.8. The van der Waals surface area contributed by atoms with Gasteiger partial charge in [-0.1, -0.05) is 42.8 Å². The van der Waals surface area contributed by atoms with Gasteiger partial charge < -0.3 is 15.3 Å². The molecular formula is C38H27Cl2LiN10O5. The van der Waals surface area contributed by atoms with Gasteiger partial charge >= 0.3 is 30.8 Å². The molecule has 0 bridgehead atoms. The minimum absolute atomic E-state index is 0. The van der Waals surface area contributed by atoms with Crippen LogP contribution in [0.3, 0.4) is 0 Å². The Labute approximate surface area is 340 Å². The summed E-state index contributed by atoms with van der Waals surface area (Å²) in [5.74, 6) is -1.81. The molecule has 0 fully saturated rings. The van der Waals surface area contributed by atoms with Crippen LogP contribution in [0.1, 0.15) is 50.9 Å². The molecular weight excluding hydrogens is 754 g/mol. The fraction of sp³-hybridized carbons (Fsp3) is 0.105. The van der Waals surface area contributed by atoms with Crippen LogP contribution in [-0.2, 0) is 17.8 Å². The molecule has 0 aliphatic heterocycles. The summed E-state index contributed by atoms with van der Waals surface area (Å²) in [6.45, 7) is 0.728. The first-order chi connectivity index (χ1) is 25.7. The molecule has 6 heterocycles. The zero-order valence-corrected chi connectivity index (χ0v) is 30.4. The van der Waals surface area contributed by atoms with Crippen molar-refractivity contribution in [2.24, 2.45) is 0 Å². The quantitative estimate of drug-likeness (QED) is 0.186. The number of carbonyl (C=O) groups is 2. The molecule has 0 spiro atoms. The van der Waals surface area contributed by atoms with Crippen LogP contribution >= 0.6 is 23.2 Å². The summed E-state index contributed by atoms with van der Waals surface area (Å²) < 4.78 is 8.02. The number of benzene rings is 2. The molecule has 0 unspecified atom stereocenters. The number of carboxylic acids is 1. The number of rotatable bonds is 6. The van der Waals surface area contributed by atoms with Gasteiger partial charge in [0.05, 0.1) is 63.1 Å². The maximum Gasteiger partial charge on any atom is 1.00 e. The Kier molecular flexibility index (Phi) is 13.4. The maximum atomic E-state index is 12.1. The summed E-state index contributed by atoms with van der Waals surface area (Å²) in [5, 5.41) is 40.0. The van der Waals surface area contributed by atoms with Crippen LogP contribution in [0.25, 0.3) is 43.6 Å². The standard InChI is InChI=1S/C19H12ClN5O2.C18H10ClN5O2.CH4.Li.H2O/c1-27-19(26)18-17-15(8-21)22-5-4-16(17)25(24-18)10-11-2-3-14-12(6-11)7-13(20)9-23-14;19-12-6-11-5-10(1-2-13(11)22-8-12)9-24-15-3-4-21-14(7-20)16(15)17(23-24)18(25)26;;;/h2-7,9H,10H2,1H3;1-6,8H,9H2,(H,25,26);1H4;;1H2/q;;;+1;/p-1. The van der Waals surface area contributed by atoms with E-state index in [2.05, 4.69) is 30.1 Å². The monoisotopic (exact) mass is 780 g/mol. The first-order valence-electron chi connectivity index (χ1n) is 15.6. The molecule has 0 aliphatic carbocycles. The summed E-state index contributed by atoms with van der Waals surface area (Å²) in [7, 11) is 1.27. The maximum absolute atomic E-state index is 12.1. The molecule has 18 heteroatoms. The molecule has 0 amide bonds. The SMILES string of the molecule is C.COC(=O)c1nn(Cc2ccc3ncc(Cl)cc3c2)c2ccnc(C#N)c12.N#Cc1nccc2c1c(C(=O)O)nn2Cc1ccc2ncc(Cl)cc2c1.[Li+].[OH-]. The van der Waals surface area contributed by atoms with Crippen LogP contribution < -0.4 is 18.9 Å². The van der Waals surface area contributed by atoms with Crippen LogP contribution in [-0.4, -0.2) is 69.1 Å². The summed E-state index contributed by atoms with van der Waals surface area (Å²) in [6, 6.07) is 22.4. The van der Waals surface area contributed by atoms with Gasteiger partial charge in [0.2, 0.25) is 0 Å². The van der Waals surface area contributed by atoms with Crippen LogP contribution in [0.5, 0.6) is 0 Å². The Bertz CT molecular complexity index is 2870. The van der Waals surface area contributed by atoms with Crippen LogP contribution in [0.4, 0.5) is 0 Å². The third-order valence-electron chi connectivity index (χ3n) is 8.21. The van der Waals surface area contributed by atoms with Gasteiger partial charge in [-0.05, 0) is 59.7 Å². The molecule has 0 saturated carbocycles. The number of halogens is 2. The molecule has 0 saturated heterocycles. The summed E-state index contributed by atoms with van der Waals surface area (Å²) >= 11 is 12.0. The number of fused-ring (bicyclic) bond motifs is 4. The number of aromatic carboxylic acids is 1. The molecule has 274 valence electrons. The van der Waals surface area contributed by atoms with E-state index in [1.807, 2.05) is 60.7 Å². The van der Waals surface area contributed by atoms with E-state index in [0.717, 1.165) is 32.9 Å². The van der Waals surface area contributed by atoms with Gasteiger partial charge in [0.1, 0.15) is 12.1 Å². The van der Waals surface area contributed by atoms with Crippen molar-refractivity contribution in [3.63, 3.8) is 0 Å². The topological polar surface area (TPSA) is 228 Å². The summed E-state index contributed by atoms with van der Waals surface area (Å²) in [6.07, 6.45) is 6.17. The third-order valence-corrected chi connectivity index (χ3v) is 8.62. The minimum atomic E-state index is -1.20. The van der Waals surface area contributed by atoms with Crippen molar-refractivity contribution in [2.75, 3.05) is 7.11 Å². The van der Waals surface area contributed by atoms with E-state index in [0.29, 0.717) is 39.6 Å². The van der Waals surface area contributed by atoms with Crippen LogP contribution in [0, 0.1) is 22.7 Å². The van der Waals surface area contributed by atoms with E-state index >= 15 is 0 Å². The molecule has 0 radical (unpaired) electrons. The second-order valence-corrected chi connectivity index (χ2v) is 12.4. The molecule has 6 aromatic heterocycles. The molecule has 56 heavy (non-hydrogen) atoms. The average molecular weight is 782 g/mol. The van der Waals surface area contributed by atoms with Gasteiger partial charge in [-0.25, -0.2) is 19.6 Å². The number of carboxylic acid groups (broad SMARTS) is 1. The molecule has 0 aliphatic rings. The molecule has 0 atom stereocenters. The van der Waals surface area contributed by atoms with Crippen molar-refractivity contribution in [3.05, 3.63) is 129 Å². The number of methoxy groups -OCH3 is 1. The molecule has 2 N–H and O–H groups in total. The number of esters is 1. The molecule has 8 aromatic rings. The Morgan fingerprint density at radius 3 is 1.61 bits per heavy atom. The van der Waals surface area contributed by atoms with Crippen LogP contribution in [0.2, 0.25) is 10.0 Å². The van der Waals surface area contributed by atoms with Crippen molar-refractivity contribution < 1.29 is 43.8 Å². The fourth-order valence-corrected chi connectivity index (χ4v) is 6.23. The normalized spacial score (nSPS) is 10.3. The predicted molar refractivity (Wildman–Crippen MR) is 203 cm³/mol. The van der Waals surface area contributed by atoms with E-state index in [1.54, 1.807) is 33.9 Å². The number of hydrogen-bond donors (Lipinski definition) is 1. The van der Waals surface area contributed by atoms with Crippen molar-refractivity contribution in [3.8, 4) is 12.1 Å². The molecule has 2 aromatic carbocycles. The first kappa shape index (κ1) is 42.3. The largest absolute Gasteiger partial charge is 1.00 e. The number of hydrogen-bond acceptors (Lipinski definition) is 12. The van der Waals surface area contributed by atoms with E-state index in [9.17, 15) is 25.2 Å². The molecule has 15 nitrogen and oxygen atoms in total. The number of pyridine rings is 4. The van der Waals surface area contributed by atoms with Crippen LogP contribution in [0.15, 0.2) is 85.5 Å². The van der Waals surface area contributed by atoms with Gasteiger partial charge in [0.25, 0.3) is 0 Å². The van der Waals surface area contributed by atoms with Gasteiger partial charge in [-0.3, -0.25) is 19.3 Å². The van der Waals surface area contributed by atoms with Crippen molar-refractivity contribution in [1.82, 2.24) is 39.5 Å². The zero-order valence-electron chi connectivity index (χ0n) is 28.8. The number of nitriles is 2. The van der Waals surface area contributed by atoms with Crippen molar-refractivity contribution in [2.45, 2.75) is 20.5 Å². The van der Waals surface area contributed by atoms with E-state index < -0.39 is 11.9 Å². The van der Waals surface area contributed by atoms with E-state index in [-0.39, 0.29) is 59.9 Å². The Balaban J connectivity index is 0.000000236. The van der Waals surface area contributed by atoms with E-state index in [4.69, 9.17) is 27.9 Å². The Morgan fingerprint density at radius 2 is 1.18 bits per heavy atom. The predicted octanol–water partition coefficient (Wildman–Crippen LogP) is 4.05. The van der Waals surface area contributed by atoms with Gasteiger partial charge in [0, 0.05) is 35.6 Å². The second-order valence-electron chi connectivity index (χ2n) is 11.5. The average Bonchev–Trinajstić information content (AvgIpc) is 3.73. The number of carbonyl (C=O) groups excluding carboxylic acids is 1.